The number of aryl methyl sites for hydroxylation is 2. The number of carbonyl (C=O) groups is 1. The molecule has 0 amide bonds. The average molecular weight is 309 g/mol. The lowest BCUT2D eigenvalue weighted by Gasteiger charge is -2.10. The van der Waals surface area contributed by atoms with Gasteiger partial charge in [0.25, 0.3) is 0 Å². The highest BCUT2D eigenvalue weighted by atomic mass is 16.5. The summed E-state index contributed by atoms with van der Waals surface area (Å²) in [4.78, 5) is 16.3. The molecule has 23 heavy (non-hydrogen) atoms. The van der Waals surface area contributed by atoms with Crippen LogP contribution in [0.1, 0.15) is 11.3 Å². The number of rotatable bonds is 4. The van der Waals surface area contributed by atoms with E-state index in [0.717, 1.165) is 34.0 Å². The highest BCUT2D eigenvalue weighted by molar-refractivity contribution is 5.81. The van der Waals surface area contributed by atoms with Gasteiger partial charge in [0.05, 0.1) is 7.11 Å². The van der Waals surface area contributed by atoms with Gasteiger partial charge in [-0.15, -0.1) is 0 Å². The third-order valence-corrected chi connectivity index (χ3v) is 3.72. The molecule has 3 aromatic rings. The Hall–Kier alpha value is -2.82. The predicted octanol–water partition coefficient (Wildman–Crippen LogP) is 3.20. The first-order chi connectivity index (χ1) is 11.1. The molecule has 0 unspecified atom stereocenters. The van der Waals surface area contributed by atoms with Crippen LogP contribution in [0.25, 0.3) is 16.9 Å². The molecule has 0 fully saturated rings. The first-order valence-electron chi connectivity index (χ1n) is 7.46. The van der Waals surface area contributed by atoms with Gasteiger partial charge in [0.15, 0.2) is 0 Å². The van der Waals surface area contributed by atoms with Gasteiger partial charge in [0, 0.05) is 11.3 Å². The number of methoxy groups -OCH3 is 1. The molecule has 0 atom stereocenters. The lowest BCUT2D eigenvalue weighted by atomic mass is 10.1. The molecule has 1 N–H and O–H groups in total. The molecule has 0 aliphatic rings. The molecule has 1 aromatic carbocycles. The van der Waals surface area contributed by atoms with Crippen LogP contribution in [0.5, 0.6) is 0 Å². The number of nitrogens with zero attached hydrogens (tertiary/aromatic N) is 2. The van der Waals surface area contributed by atoms with Crippen LogP contribution in [0.2, 0.25) is 0 Å². The number of imidazole rings is 1. The number of nitrogens with one attached hydrogen (secondary N) is 1. The second-order valence-electron chi connectivity index (χ2n) is 5.47. The van der Waals surface area contributed by atoms with E-state index in [1.165, 1.54) is 7.11 Å². The fraction of sp³-hybridized carbons (Fsp3) is 0.222. The molecule has 0 aliphatic heterocycles. The maximum Gasteiger partial charge on any atom is 0.325 e. The number of ether oxygens (including phenoxy) is 1. The highest BCUT2D eigenvalue weighted by Crippen LogP contribution is 2.30. The van der Waals surface area contributed by atoms with Crippen molar-refractivity contribution in [1.29, 1.82) is 0 Å². The predicted molar refractivity (Wildman–Crippen MR) is 90.6 cm³/mol. The number of fused-ring (bicyclic) bond motifs is 1. The van der Waals surface area contributed by atoms with E-state index in [1.54, 1.807) is 0 Å². The zero-order chi connectivity index (χ0) is 16.4. The fourth-order valence-electron chi connectivity index (χ4n) is 2.72. The van der Waals surface area contributed by atoms with E-state index in [0.29, 0.717) is 0 Å². The van der Waals surface area contributed by atoms with Crippen LogP contribution >= 0.6 is 0 Å². The van der Waals surface area contributed by atoms with Gasteiger partial charge in [-0.25, -0.2) is 4.98 Å². The zero-order valence-electron chi connectivity index (χ0n) is 13.5. The SMILES string of the molecule is COC(=O)CNc1c(-c2ccccc2)nc2cc(C)cc(C)n12. The molecule has 0 aliphatic carbocycles. The van der Waals surface area contributed by atoms with E-state index in [-0.39, 0.29) is 12.5 Å². The minimum Gasteiger partial charge on any atom is -0.468 e. The number of hydrogen-bond acceptors (Lipinski definition) is 4. The molecule has 2 aromatic heterocycles. The molecule has 118 valence electrons. The molecule has 5 nitrogen and oxygen atoms in total. The standard InChI is InChI=1S/C18H19N3O2/c1-12-9-13(2)21-15(10-12)20-17(14-7-5-4-6-8-14)18(21)19-11-16(22)23-3/h4-10,19H,11H2,1-3H3. The average Bonchev–Trinajstić information content (AvgIpc) is 2.92. The molecule has 0 saturated heterocycles. The van der Waals surface area contributed by atoms with Crippen molar-refractivity contribution in [3.8, 4) is 11.3 Å². The maximum absolute atomic E-state index is 11.5. The Labute approximate surface area is 134 Å². The van der Waals surface area contributed by atoms with Crippen LogP contribution in [0, 0.1) is 13.8 Å². The number of hydrogen-bond donors (Lipinski definition) is 1. The zero-order valence-corrected chi connectivity index (χ0v) is 13.5. The van der Waals surface area contributed by atoms with Crippen molar-refractivity contribution in [2.24, 2.45) is 0 Å². The van der Waals surface area contributed by atoms with Crippen LogP contribution in [0.3, 0.4) is 0 Å². The Morgan fingerprint density at radius 1 is 1.22 bits per heavy atom. The Morgan fingerprint density at radius 3 is 2.65 bits per heavy atom. The van der Waals surface area contributed by atoms with Gasteiger partial charge >= 0.3 is 5.97 Å². The van der Waals surface area contributed by atoms with Crippen molar-refractivity contribution >= 4 is 17.4 Å². The minimum absolute atomic E-state index is 0.0947. The second kappa shape index (κ2) is 6.12. The van der Waals surface area contributed by atoms with E-state index in [9.17, 15) is 4.79 Å². The van der Waals surface area contributed by atoms with Crippen molar-refractivity contribution < 1.29 is 9.53 Å². The van der Waals surface area contributed by atoms with Gasteiger partial charge in [0.2, 0.25) is 0 Å². The van der Waals surface area contributed by atoms with Crippen LogP contribution in [0.15, 0.2) is 42.5 Å². The molecule has 0 radical (unpaired) electrons. The van der Waals surface area contributed by atoms with Crippen molar-refractivity contribution in [1.82, 2.24) is 9.38 Å². The minimum atomic E-state index is -0.316. The lowest BCUT2D eigenvalue weighted by molar-refractivity contribution is -0.138. The van der Waals surface area contributed by atoms with Gasteiger partial charge in [-0.3, -0.25) is 9.20 Å². The number of carbonyl (C=O) groups excluding carboxylic acids is 1. The fourth-order valence-corrected chi connectivity index (χ4v) is 2.72. The number of anilines is 1. The van der Waals surface area contributed by atoms with Gasteiger partial charge < -0.3 is 10.1 Å². The monoisotopic (exact) mass is 309 g/mol. The Morgan fingerprint density at radius 2 is 1.96 bits per heavy atom. The second-order valence-corrected chi connectivity index (χ2v) is 5.47. The normalized spacial score (nSPS) is 10.7. The van der Waals surface area contributed by atoms with Crippen molar-refractivity contribution in [2.75, 3.05) is 19.0 Å². The number of esters is 1. The van der Waals surface area contributed by atoms with Crippen molar-refractivity contribution in [3.05, 3.63) is 53.7 Å². The molecule has 3 rings (SSSR count). The summed E-state index contributed by atoms with van der Waals surface area (Å²) in [6, 6.07) is 14.1. The van der Waals surface area contributed by atoms with Gasteiger partial charge in [0.1, 0.15) is 23.7 Å². The summed E-state index contributed by atoms with van der Waals surface area (Å²) in [7, 11) is 1.38. The van der Waals surface area contributed by atoms with E-state index in [4.69, 9.17) is 9.72 Å². The molecule has 0 bridgehead atoms. The third kappa shape index (κ3) is 2.90. The molecule has 5 heteroatoms. The smallest absolute Gasteiger partial charge is 0.325 e. The molecular weight excluding hydrogens is 290 g/mol. The number of benzene rings is 1. The van der Waals surface area contributed by atoms with Gasteiger partial charge in [-0.1, -0.05) is 30.3 Å². The Balaban J connectivity index is 2.17. The van der Waals surface area contributed by atoms with E-state index < -0.39 is 0 Å². The number of pyridine rings is 1. The summed E-state index contributed by atoms with van der Waals surface area (Å²) in [6.07, 6.45) is 0. The van der Waals surface area contributed by atoms with Crippen LogP contribution < -0.4 is 5.32 Å². The molecule has 0 saturated carbocycles. The van der Waals surface area contributed by atoms with Gasteiger partial charge in [-0.05, 0) is 31.5 Å². The Kier molecular flexibility index (Phi) is 4.02. The molecule has 2 heterocycles. The Bertz CT molecular complexity index is 854. The molecule has 0 spiro atoms. The van der Waals surface area contributed by atoms with E-state index in [2.05, 4.69) is 11.4 Å². The molecular formula is C18H19N3O2. The van der Waals surface area contributed by atoms with Crippen LogP contribution in [-0.4, -0.2) is 29.0 Å². The summed E-state index contributed by atoms with van der Waals surface area (Å²) in [6.45, 7) is 4.17. The van der Waals surface area contributed by atoms with Crippen LogP contribution in [-0.2, 0) is 9.53 Å². The van der Waals surface area contributed by atoms with Gasteiger partial charge in [-0.2, -0.15) is 0 Å². The summed E-state index contributed by atoms with van der Waals surface area (Å²) < 4.78 is 6.75. The summed E-state index contributed by atoms with van der Waals surface area (Å²) in [5.41, 5.74) is 4.89. The quantitative estimate of drug-likeness (QED) is 0.752. The van der Waals surface area contributed by atoms with E-state index >= 15 is 0 Å². The van der Waals surface area contributed by atoms with Crippen LogP contribution in [0.4, 0.5) is 5.82 Å². The maximum atomic E-state index is 11.5. The van der Waals surface area contributed by atoms with E-state index in [1.807, 2.05) is 54.6 Å². The first-order valence-corrected chi connectivity index (χ1v) is 7.46. The lowest BCUT2D eigenvalue weighted by Crippen LogP contribution is -2.16. The largest absolute Gasteiger partial charge is 0.468 e. The third-order valence-electron chi connectivity index (χ3n) is 3.72. The summed E-state index contributed by atoms with van der Waals surface area (Å²) in [5, 5.41) is 3.17. The van der Waals surface area contributed by atoms with Crippen molar-refractivity contribution in [3.63, 3.8) is 0 Å². The topological polar surface area (TPSA) is 55.6 Å². The first kappa shape index (κ1) is 15.1. The van der Waals surface area contributed by atoms with Crippen molar-refractivity contribution in [2.45, 2.75) is 13.8 Å². The summed E-state index contributed by atoms with van der Waals surface area (Å²) >= 11 is 0. The number of aromatic nitrogens is 2. The summed E-state index contributed by atoms with van der Waals surface area (Å²) in [5.74, 6) is 0.484. The highest BCUT2D eigenvalue weighted by Gasteiger charge is 2.16.